The van der Waals surface area contributed by atoms with Crippen molar-refractivity contribution >= 4 is 23.7 Å². The van der Waals surface area contributed by atoms with E-state index in [1.807, 2.05) is 36.4 Å². The van der Waals surface area contributed by atoms with Crippen LogP contribution in [-0.2, 0) is 14.4 Å². The zero-order chi connectivity index (χ0) is 14.8. The maximum Gasteiger partial charge on any atom is 0.353 e. The number of benzene rings is 1. The molecule has 2 N–H and O–H groups in total. The van der Waals surface area contributed by atoms with Gasteiger partial charge in [-0.1, -0.05) is 41.6 Å². The smallest absolute Gasteiger partial charge is 0.353 e. The molecule has 1 aromatic carbocycles. The highest BCUT2D eigenvalue weighted by atomic mass is 16.6. The summed E-state index contributed by atoms with van der Waals surface area (Å²) in [5, 5.41) is 20.7. The van der Waals surface area contributed by atoms with Crippen molar-refractivity contribution in [3.8, 4) is 0 Å². The van der Waals surface area contributed by atoms with Gasteiger partial charge in [-0.3, -0.25) is 4.79 Å². The van der Waals surface area contributed by atoms with Crippen LogP contribution in [0.4, 0.5) is 0 Å². The minimum Gasteiger partial charge on any atom is -0.481 e. The van der Waals surface area contributed by atoms with Gasteiger partial charge in [-0.15, -0.1) is 0 Å². The van der Waals surface area contributed by atoms with E-state index in [9.17, 15) is 9.59 Å². The van der Waals surface area contributed by atoms with Crippen molar-refractivity contribution in [2.24, 2.45) is 5.16 Å². The van der Waals surface area contributed by atoms with Gasteiger partial charge in [-0.2, -0.15) is 0 Å². The quantitative estimate of drug-likeness (QED) is 0.430. The van der Waals surface area contributed by atoms with Gasteiger partial charge in [-0.05, 0) is 11.6 Å². The van der Waals surface area contributed by atoms with Gasteiger partial charge in [0.25, 0.3) is 0 Å². The van der Waals surface area contributed by atoms with E-state index in [1.54, 1.807) is 6.08 Å². The summed E-state index contributed by atoms with van der Waals surface area (Å²) < 4.78 is 0. The molecule has 1 aromatic rings. The summed E-state index contributed by atoms with van der Waals surface area (Å²) in [5.74, 6) is -2.36. The number of rotatable bonds is 8. The topological polar surface area (TPSA) is 96.2 Å². The van der Waals surface area contributed by atoms with Crippen molar-refractivity contribution in [2.45, 2.75) is 12.8 Å². The lowest BCUT2D eigenvalue weighted by Gasteiger charge is -1.99. The molecule has 0 saturated carbocycles. The van der Waals surface area contributed by atoms with Gasteiger partial charge < -0.3 is 15.1 Å². The summed E-state index contributed by atoms with van der Waals surface area (Å²) in [6.07, 6.45) is 3.03. The van der Waals surface area contributed by atoms with E-state index < -0.39 is 11.9 Å². The molecule has 0 amide bonds. The first-order valence-electron chi connectivity index (χ1n) is 5.95. The highest BCUT2D eigenvalue weighted by Crippen LogP contribution is 2.01. The predicted octanol–water partition coefficient (Wildman–Crippen LogP) is 2.02. The summed E-state index contributed by atoms with van der Waals surface area (Å²) in [6, 6.07) is 9.52. The van der Waals surface area contributed by atoms with Crippen LogP contribution < -0.4 is 0 Å². The maximum absolute atomic E-state index is 10.8. The molecule has 0 spiro atoms. The highest BCUT2D eigenvalue weighted by Gasteiger charge is 2.12. The number of hydrogen-bond donors (Lipinski definition) is 2. The number of carboxylic acids is 2. The first-order valence-corrected chi connectivity index (χ1v) is 5.95. The Morgan fingerprint density at radius 3 is 2.45 bits per heavy atom. The molecule has 0 aliphatic heterocycles. The van der Waals surface area contributed by atoms with Crippen LogP contribution in [0, 0.1) is 0 Å². The summed E-state index contributed by atoms with van der Waals surface area (Å²) in [5.41, 5.74) is 0.685. The Morgan fingerprint density at radius 1 is 1.15 bits per heavy atom. The molecule has 0 aliphatic rings. The monoisotopic (exact) mass is 277 g/mol. The Morgan fingerprint density at radius 2 is 1.85 bits per heavy atom. The van der Waals surface area contributed by atoms with Gasteiger partial charge in [0.2, 0.25) is 0 Å². The van der Waals surface area contributed by atoms with Gasteiger partial charge in [0.15, 0.2) is 5.71 Å². The van der Waals surface area contributed by atoms with E-state index in [0.29, 0.717) is 0 Å². The summed E-state index contributed by atoms with van der Waals surface area (Å²) in [6.45, 7) is 0.110. The molecule has 0 saturated heterocycles. The molecule has 1 rings (SSSR count). The van der Waals surface area contributed by atoms with Gasteiger partial charge >= 0.3 is 11.9 Å². The zero-order valence-corrected chi connectivity index (χ0v) is 10.7. The number of carboxylic acid groups (broad SMARTS) is 2. The number of aliphatic carboxylic acids is 2. The van der Waals surface area contributed by atoms with Gasteiger partial charge in [0.1, 0.15) is 6.61 Å². The molecule has 0 bridgehead atoms. The van der Waals surface area contributed by atoms with Crippen LogP contribution in [0.1, 0.15) is 18.4 Å². The van der Waals surface area contributed by atoms with Crippen LogP contribution in [0.25, 0.3) is 6.08 Å². The SMILES string of the molecule is O=C(O)CC/C(=N\OC/C=C/c1ccccc1)C(=O)O. The Kier molecular flexibility index (Phi) is 6.53. The third-order valence-electron chi connectivity index (χ3n) is 2.28. The van der Waals surface area contributed by atoms with E-state index in [4.69, 9.17) is 15.1 Å². The fourth-order valence-corrected chi connectivity index (χ4v) is 1.32. The molecule has 0 unspecified atom stereocenters. The van der Waals surface area contributed by atoms with Crippen LogP contribution in [0.2, 0.25) is 0 Å². The average molecular weight is 277 g/mol. The molecule has 0 radical (unpaired) electrons. The van der Waals surface area contributed by atoms with Crippen molar-refractivity contribution in [1.82, 2.24) is 0 Å². The van der Waals surface area contributed by atoms with Crippen molar-refractivity contribution in [3.05, 3.63) is 42.0 Å². The third kappa shape index (κ3) is 6.34. The van der Waals surface area contributed by atoms with Crippen LogP contribution in [0.15, 0.2) is 41.6 Å². The second-order valence-corrected chi connectivity index (χ2v) is 3.85. The Balaban J connectivity index is 2.42. The van der Waals surface area contributed by atoms with Gasteiger partial charge in [-0.25, -0.2) is 4.79 Å². The van der Waals surface area contributed by atoms with Crippen LogP contribution >= 0.6 is 0 Å². The van der Waals surface area contributed by atoms with Crippen molar-refractivity contribution in [3.63, 3.8) is 0 Å². The van der Waals surface area contributed by atoms with Crippen molar-refractivity contribution in [2.75, 3.05) is 6.61 Å². The molecule has 0 fully saturated rings. The molecule has 6 nitrogen and oxygen atoms in total. The molecule has 0 aliphatic carbocycles. The van der Waals surface area contributed by atoms with Gasteiger partial charge in [0.05, 0.1) is 6.42 Å². The predicted molar refractivity (Wildman–Crippen MR) is 73.4 cm³/mol. The summed E-state index contributed by atoms with van der Waals surface area (Å²) >= 11 is 0. The van der Waals surface area contributed by atoms with E-state index in [2.05, 4.69) is 5.16 Å². The highest BCUT2D eigenvalue weighted by molar-refractivity contribution is 6.35. The third-order valence-corrected chi connectivity index (χ3v) is 2.28. The molecule has 6 heteroatoms. The standard InChI is InChI=1S/C14H15NO5/c16-13(17)9-8-12(14(18)19)15-20-10-4-7-11-5-2-1-3-6-11/h1-7H,8-10H2,(H,16,17)(H,18,19)/b7-4+,15-12+. The fraction of sp³-hybridized carbons (Fsp3) is 0.214. The number of carbonyl (C=O) groups is 2. The number of nitrogens with zero attached hydrogens (tertiary/aromatic N) is 1. The van der Waals surface area contributed by atoms with Crippen molar-refractivity contribution in [1.29, 1.82) is 0 Å². The Labute approximate surface area is 116 Å². The molecular weight excluding hydrogens is 262 g/mol. The Bertz CT molecular complexity index is 508. The fourth-order valence-electron chi connectivity index (χ4n) is 1.32. The molecule has 0 heterocycles. The average Bonchev–Trinajstić information content (AvgIpc) is 2.42. The molecular formula is C14H15NO5. The number of hydrogen-bond acceptors (Lipinski definition) is 4. The normalized spacial score (nSPS) is 11.5. The largest absolute Gasteiger partial charge is 0.481 e. The molecule has 0 atom stereocenters. The Hall–Kier alpha value is -2.63. The van der Waals surface area contributed by atoms with Crippen molar-refractivity contribution < 1.29 is 24.6 Å². The molecule has 20 heavy (non-hydrogen) atoms. The zero-order valence-electron chi connectivity index (χ0n) is 10.7. The van der Waals surface area contributed by atoms with E-state index in [-0.39, 0.29) is 25.2 Å². The van der Waals surface area contributed by atoms with Crippen LogP contribution in [-0.4, -0.2) is 34.5 Å². The van der Waals surface area contributed by atoms with Crippen LogP contribution in [0.5, 0.6) is 0 Å². The maximum atomic E-state index is 10.8. The summed E-state index contributed by atoms with van der Waals surface area (Å²) in [4.78, 5) is 26.0. The lowest BCUT2D eigenvalue weighted by atomic mass is 10.2. The minimum atomic E-state index is -1.28. The van der Waals surface area contributed by atoms with E-state index in [0.717, 1.165) is 5.56 Å². The molecule has 0 aromatic heterocycles. The number of oxime groups is 1. The first kappa shape index (κ1) is 15.4. The molecule has 106 valence electrons. The summed E-state index contributed by atoms with van der Waals surface area (Å²) in [7, 11) is 0. The van der Waals surface area contributed by atoms with Gasteiger partial charge in [0, 0.05) is 6.42 Å². The second kappa shape index (κ2) is 8.47. The lowest BCUT2D eigenvalue weighted by molar-refractivity contribution is -0.136. The minimum absolute atomic E-state index is 0.110. The second-order valence-electron chi connectivity index (χ2n) is 3.85. The van der Waals surface area contributed by atoms with Crippen LogP contribution in [0.3, 0.4) is 0 Å². The first-order chi connectivity index (χ1) is 9.59. The van der Waals surface area contributed by atoms with E-state index in [1.165, 1.54) is 0 Å². The van der Waals surface area contributed by atoms with E-state index >= 15 is 0 Å². The lowest BCUT2D eigenvalue weighted by Crippen LogP contribution is -2.15.